The number of piperidine rings is 1. The normalized spacial score (nSPS) is 18.5. The maximum Gasteiger partial charge on any atom is 0.211 e. The van der Waals surface area contributed by atoms with Gasteiger partial charge in [0.25, 0.3) is 0 Å². The van der Waals surface area contributed by atoms with Crippen molar-refractivity contribution in [3.05, 3.63) is 27.6 Å². The fourth-order valence-electron chi connectivity index (χ4n) is 2.20. The van der Waals surface area contributed by atoms with Crippen LogP contribution in [0.3, 0.4) is 0 Å². The van der Waals surface area contributed by atoms with E-state index in [0.29, 0.717) is 13.1 Å². The van der Waals surface area contributed by atoms with Crippen molar-refractivity contribution in [3.63, 3.8) is 0 Å². The van der Waals surface area contributed by atoms with Gasteiger partial charge in [-0.25, -0.2) is 17.1 Å². The molecule has 0 bridgehead atoms. The lowest BCUT2D eigenvalue weighted by molar-refractivity contribution is 0.332. The molecule has 1 aliphatic rings. The van der Waals surface area contributed by atoms with Crippen LogP contribution in [0.2, 0.25) is 0 Å². The average Bonchev–Trinajstić information content (AvgIpc) is 2.26. The third-order valence-electron chi connectivity index (χ3n) is 3.16. The molecule has 1 aromatic carbocycles. The Morgan fingerprint density at radius 2 is 1.95 bits per heavy atom. The molecular weight excluding hydrogens is 382 g/mol. The highest BCUT2D eigenvalue weighted by atomic mass is 127. The molecule has 0 amide bonds. The van der Waals surface area contributed by atoms with Crippen molar-refractivity contribution < 1.29 is 12.8 Å². The van der Waals surface area contributed by atoms with Crippen LogP contribution in [-0.2, 0) is 10.0 Å². The first-order chi connectivity index (χ1) is 8.84. The highest BCUT2D eigenvalue weighted by Gasteiger charge is 2.24. The number of nitrogens with zero attached hydrogens (tertiary/aromatic N) is 1. The number of benzene rings is 1. The Balaban J connectivity index is 1.96. The molecule has 106 valence electrons. The summed E-state index contributed by atoms with van der Waals surface area (Å²) in [5, 5.41) is 3.27. The van der Waals surface area contributed by atoms with Crippen LogP contribution in [0, 0.1) is 9.39 Å². The van der Waals surface area contributed by atoms with E-state index in [0.717, 1.165) is 22.1 Å². The maximum absolute atomic E-state index is 13.3. The van der Waals surface area contributed by atoms with Crippen LogP contribution < -0.4 is 5.32 Å². The summed E-state index contributed by atoms with van der Waals surface area (Å²) in [6.45, 7) is 1.03. The first-order valence-electron chi connectivity index (χ1n) is 6.02. The second kappa shape index (κ2) is 5.92. The summed E-state index contributed by atoms with van der Waals surface area (Å²) in [5.74, 6) is -0.261. The highest BCUT2D eigenvalue weighted by Crippen LogP contribution is 2.21. The molecule has 1 N–H and O–H groups in total. The van der Waals surface area contributed by atoms with Gasteiger partial charge in [0, 0.05) is 28.4 Å². The van der Waals surface area contributed by atoms with Crippen molar-refractivity contribution in [2.24, 2.45) is 0 Å². The number of hydrogen-bond donors (Lipinski definition) is 1. The van der Waals surface area contributed by atoms with E-state index in [4.69, 9.17) is 0 Å². The van der Waals surface area contributed by atoms with Crippen LogP contribution in [0.1, 0.15) is 12.8 Å². The number of halogens is 2. The molecule has 1 heterocycles. The molecule has 0 aliphatic carbocycles. The molecule has 0 radical (unpaired) electrons. The third-order valence-corrected chi connectivity index (χ3v) is 5.08. The zero-order valence-corrected chi connectivity index (χ0v) is 13.5. The number of rotatable bonds is 3. The Morgan fingerprint density at radius 1 is 1.32 bits per heavy atom. The number of nitrogens with one attached hydrogen (secondary N) is 1. The van der Waals surface area contributed by atoms with Crippen molar-refractivity contribution in [2.75, 3.05) is 24.7 Å². The number of hydrogen-bond acceptors (Lipinski definition) is 3. The molecule has 0 saturated carbocycles. The van der Waals surface area contributed by atoms with E-state index in [2.05, 4.69) is 27.9 Å². The van der Waals surface area contributed by atoms with Gasteiger partial charge in [-0.15, -0.1) is 0 Å². The van der Waals surface area contributed by atoms with E-state index in [1.165, 1.54) is 22.7 Å². The topological polar surface area (TPSA) is 49.4 Å². The minimum absolute atomic E-state index is 0.190. The number of sulfonamides is 1. The smallest absolute Gasteiger partial charge is 0.211 e. The van der Waals surface area contributed by atoms with Gasteiger partial charge in [-0.1, -0.05) is 0 Å². The largest absolute Gasteiger partial charge is 0.382 e. The van der Waals surface area contributed by atoms with Crippen LogP contribution >= 0.6 is 22.6 Å². The van der Waals surface area contributed by atoms with Gasteiger partial charge in [0.2, 0.25) is 10.0 Å². The first-order valence-corrected chi connectivity index (χ1v) is 8.95. The molecule has 0 unspecified atom stereocenters. The van der Waals surface area contributed by atoms with E-state index >= 15 is 0 Å². The summed E-state index contributed by atoms with van der Waals surface area (Å²) >= 11 is 2.07. The lowest BCUT2D eigenvalue weighted by Gasteiger charge is -2.31. The van der Waals surface area contributed by atoms with E-state index in [-0.39, 0.29) is 11.9 Å². The van der Waals surface area contributed by atoms with Crippen LogP contribution in [0.4, 0.5) is 10.1 Å². The van der Waals surface area contributed by atoms with Crippen molar-refractivity contribution >= 4 is 38.3 Å². The summed E-state index contributed by atoms with van der Waals surface area (Å²) in [4.78, 5) is 0. The SMILES string of the molecule is CS(=O)(=O)N1CCC(Nc2cc(F)cc(I)c2)CC1. The van der Waals surface area contributed by atoms with Gasteiger partial charge >= 0.3 is 0 Å². The molecule has 1 aromatic rings. The molecule has 19 heavy (non-hydrogen) atoms. The van der Waals surface area contributed by atoms with E-state index in [9.17, 15) is 12.8 Å². The minimum atomic E-state index is -3.09. The maximum atomic E-state index is 13.3. The Kier molecular flexibility index (Phi) is 4.67. The van der Waals surface area contributed by atoms with Crippen LogP contribution in [0.25, 0.3) is 0 Å². The van der Waals surface area contributed by atoms with Crippen molar-refractivity contribution in [1.29, 1.82) is 0 Å². The molecule has 0 aromatic heterocycles. The molecule has 0 atom stereocenters. The molecule has 1 aliphatic heterocycles. The van der Waals surface area contributed by atoms with Gasteiger partial charge in [0.1, 0.15) is 5.82 Å². The molecule has 2 rings (SSSR count). The molecular formula is C12H16FIN2O2S. The lowest BCUT2D eigenvalue weighted by atomic mass is 10.1. The minimum Gasteiger partial charge on any atom is -0.382 e. The molecule has 0 spiro atoms. The van der Waals surface area contributed by atoms with Crippen molar-refractivity contribution in [2.45, 2.75) is 18.9 Å². The first kappa shape index (κ1) is 15.0. The van der Waals surface area contributed by atoms with Gasteiger partial charge < -0.3 is 5.32 Å². The van der Waals surface area contributed by atoms with Gasteiger partial charge in [-0.05, 0) is 53.6 Å². The summed E-state index contributed by atoms with van der Waals surface area (Å²) < 4.78 is 38.4. The monoisotopic (exact) mass is 398 g/mol. The number of anilines is 1. The highest BCUT2D eigenvalue weighted by molar-refractivity contribution is 14.1. The van der Waals surface area contributed by atoms with Crippen molar-refractivity contribution in [3.8, 4) is 0 Å². The fraction of sp³-hybridized carbons (Fsp3) is 0.500. The lowest BCUT2D eigenvalue weighted by Crippen LogP contribution is -2.41. The van der Waals surface area contributed by atoms with E-state index < -0.39 is 10.0 Å². The third kappa shape index (κ3) is 4.28. The molecule has 1 saturated heterocycles. The Morgan fingerprint density at radius 3 is 2.47 bits per heavy atom. The summed E-state index contributed by atoms with van der Waals surface area (Å²) in [6.07, 6.45) is 2.70. The van der Waals surface area contributed by atoms with Gasteiger partial charge in [-0.2, -0.15) is 0 Å². The Hall–Kier alpha value is -0.410. The molecule has 1 fully saturated rings. The fourth-order valence-corrected chi connectivity index (χ4v) is 3.71. The predicted molar refractivity (Wildman–Crippen MR) is 82.2 cm³/mol. The van der Waals surface area contributed by atoms with Crippen LogP contribution in [0.5, 0.6) is 0 Å². The zero-order chi connectivity index (χ0) is 14.0. The second-order valence-corrected chi connectivity index (χ2v) is 7.97. The summed E-state index contributed by atoms with van der Waals surface area (Å²) in [6, 6.07) is 5.01. The van der Waals surface area contributed by atoms with Gasteiger partial charge in [-0.3, -0.25) is 0 Å². The van der Waals surface area contributed by atoms with Gasteiger partial charge in [0.15, 0.2) is 0 Å². The zero-order valence-electron chi connectivity index (χ0n) is 10.6. The van der Waals surface area contributed by atoms with Gasteiger partial charge in [0.05, 0.1) is 6.26 Å². The molecule has 7 heteroatoms. The average molecular weight is 398 g/mol. The second-order valence-electron chi connectivity index (χ2n) is 4.74. The summed E-state index contributed by atoms with van der Waals surface area (Å²) in [7, 11) is -3.09. The Bertz CT molecular complexity index is 537. The Labute approximate surface area is 126 Å². The molecule has 4 nitrogen and oxygen atoms in total. The van der Waals surface area contributed by atoms with E-state index in [1.54, 1.807) is 0 Å². The summed E-state index contributed by atoms with van der Waals surface area (Å²) in [5.41, 5.74) is 0.752. The van der Waals surface area contributed by atoms with Crippen molar-refractivity contribution in [1.82, 2.24) is 4.31 Å². The van der Waals surface area contributed by atoms with Crippen LogP contribution in [0.15, 0.2) is 18.2 Å². The quantitative estimate of drug-likeness (QED) is 0.795. The van der Waals surface area contributed by atoms with E-state index in [1.807, 2.05) is 6.07 Å². The van der Waals surface area contributed by atoms with Crippen LogP contribution in [-0.4, -0.2) is 38.1 Å². The standard InChI is InChI=1S/C12H16FIN2O2S/c1-19(17,18)16-4-2-11(3-5-16)15-12-7-9(13)6-10(14)8-12/h6-8,11,15H,2-5H2,1H3. The predicted octanol–water partition coefficient (Wildman–Crippen LogP) is 2.27.